The van der Waals surface area contributed by atoms with Gasteiger partial charge >= 0.3 is 0 Å². The van der Waals surface area contributed by atoms with Crippen LogP contribution in [0.2, 0.25) is 0 Å². The third-order valence-corrected chi connectivity index (χ3v) is 2.07. The van der Waals surface area contributed by atoms with Crippen LogP contribution in [-0.4, -0.2) is 24.9 Å². The second-order valence-corrected chi connectivity index (χ2v) is 3.08. The molecule has 2 aromatic heterocycles. The molecule has 0 saturated carbocycles. The van der Waals surface area contributed by atoms with E-state index in [4.69, 9.17) is 0 Å². The van der Waals surface area contributed by atoms with Crippen molar-refractivity contribution in [3.05, 3.63) is 36.4 Å². The van der Waals surface area contributed by atoms with Crippen LogP contribution in [0.1, 0.15) is 16.3 Å². The molecule has 2 heterocycles. The van der Waals surface area contributed by atoms with Crippen molar-refractivity contribution < 1.29 is 4.79 Å². The van der Waals surface area contributed by atoms with Gasteiger partial charge in [0.2, 0.25) is 5.78 Å². The summed E-state index contributed by atoms with van der Waals surface area (Å²) in [6.45, 7) is 0. The topological polar surface area (TPSA) is 52.7 Å². The Morgan fingerprint density at radius 2 is 2.14 bits per heavy atom. The van der Waals surface area contributed by atoms with Crippen molar-refractivity contribution in [3.63, 3.8) is 0 Å². The van der Waals surface area contributed by atoms with Crippen LogP contribution < -0.4 is 0 Å². The molecule has 0 bridgehead atoms. The molecular formula is C9H10N4O. The highest BCUT2D eigenvalue weighted by Gasteiger charge is 2.16. The van der Waals surface area contributed by atoms with E-state index in [1.165, 1.54) is 6.20 Å². The zero-order valence-corrected chi connectivity index (χ0v) is 8.01. The number of hydrogen-bond donors (Lipinski definition) is 0. The number of nitrogens with zero attached hydrogens (tertiary/aromatic N) is 4. The summed E-state index contributed by atoms with van der Waals surface area (Å²) in [6, 6.07) is 0. The number of rotatable bonds is 2. The molecule has 0 spiro atoms. The molecule has 0 aliphatic carbocycles. The van der Waals surface area contributed by atoms with Gasteiger partial charge in [0.25, 0.3) is 0 Å². The second kappa shape index (κ2) is 3.10. The van der Waals surface area contributed by atoms with Gasteiger partial charge in [0, 0.05) is 26.5 Å². The Bertz CT molecular complexity index is 426. The zero-order chi connectivity index (χ0) is 10.1. The fourth-order valence-corrected chi connectivity index (χ4v) is 1.27. The van der Waals surface area contributed by atoms with Crippen LogP contribution in [0.3, 0.4) is 0 Å². The molecule has 2 aromatic rings. The van der Waals surface area contributed by atoms with Gasteiger partial charge in [-0.15, -0.1) is 0 Å². The number of carbonyl (C=O) groups is 1. The lowest BCUT2D eigenvalue weighted by Gasteiger charge is -2.00. The van der Waals surface area contributed by atoms with Gasteiger partial charge < -0.3 is 9.13 Å². The molecular weight excluding hydrogens is 180 g/mol. The number of aromatic nitrogens is 4. The average molecular weight is 190 g/mol. The third-order valence-electron chi connectivity index (χ3n) is 2.07. The minimum atomic E-state index is -0.113. The summed E-state index contributed by atoms with van der Waals surface area (Å²) in [5.41, 5.74) is 0.541. The maximum absolute atomic E-state index is 11.9. The van der Waals surface area contributed by atoms with E-state index in [1.54, 1.807) is 42.0 Å². The van der Waals surface area contributed by atoms with Crippen LogP contribution in [0.5, 0.6) is 0 Å². The molecule has 2 rings (SSSR count). The molecule has 0 aliphatic heterocycles. The number of ketones is 1. The van der Waals surface area contributed by atoms with Crippen molar-refractivity contribution in [1.82, 2.24) is 19.1 Å². The monoisotopic (exact) mass is 190 g/mol. The first-order valence-corrected chi connectivity index (χ1v) is 4.18. The zero-order valence-electron chi connectivity index (χ0n) is 8.01. The number of hydrogen-bond acceptors (Lipinski definition) is 3. The summed E-state index contributed by atoms with van der Waals surface area (Å²) in [5.74, 6) is 0.311. The van der Waals surface area contributed by atoms with E-state index in [2.05, 4.69) is 9.97 Å². The van der Waals surface area contributed by atoms with Crippen LogP contribution in [-0.2, 0) is 14.1 Å². The van der Waals surface area contributed by atoms with Gasteiger partial charge in [-0.3, -0.25) is 4.79 Å². The van der Waals surface area contributed by atoms with Crippen LogP contribution in [0.4, 0.5) is 0 Å². The van der Waals surface area contributed by atoms with Gasteiger partial charge in [-0.25, -0.2) is 9.97 Å². The van der Waals surface area contributed by atoms with Crippen LogP contribution >= 0.6 is 0 Å². The summed E-state index contributed by atoms with van der Waals surface area (Å²) in [4.78, 5) is 19.7. The van der Waals surface area contributed by atoms with Crippen molar-refractivity contribution in [2.24, 2.45) is 14.1 Å². The highest BCUT2D eigenvalue weighted by atomic mass is 16.1. The molecule has 0 atom stereocenters. The van der Waals surface area contributed by atoms with Gasteiger partial charge in [-0.1, -0.05) is 0 Å². The maximum atomic E-state index is 11.9. The fraction of sp³-hybridized carbons (Fsp3) is 0.222. The summed E-state index contributed by atoms with van der Waals surface area (Å²) in [6.07, 6.45) is 6.47. The largest absolute Gasteiger partial charge is 0.331 e. The Labute approximate surface area is 81.0 Å². The highest BCUT2D eigenvalue weighted by Crippen LogP contribution is 2.05. The molecule has 0 amide bonds. The van der Waals surface area contributed by atoms with E-state index >= 15 is 0 Å². The number of carbonyl (C=O) groups excluding carboxylic acids is 1. The van der Waals surface area contributed by atoms with Gasteiger partial charge in [-0.05, 0) is 0 Å². The third kappa shape index (κ3) is 1.22. The molecule has 0 unspecified atom stereocenters. The van der Waals surface area contributed by atoms with Crippen molar-refractivity contribution in [2.75, 3.05) is 0 Å². The van der Waals surface area contributed by atoms with E-state index in [1.807, 2.05) is 0 Å². The second-order valence-electron chi connectivity index (χ2n) is 3.08. The van der Waals surface area contributed by atoms with Crippen molar-refractivity contribution in [2.45, 2.75) is 0 Å². The summed E-state index contributed by atoms with van der Waals surface area (Å²) in [7, 11) is 3.57. The molecule has 0 saturated heterocycles. The van der Waals surface area contributed by atoms with Gasteiger partial charge in [-0.2, -0.15) is 0 Å². The Hall–Kier alpha value is -1.91. The lowest BCUT2D eigenvalue weighted by molar-refractivity contribution is 0.101. The van der Waals surface area contributed by atoms with Crippen LogP contribution in [0, 0.1) is 0 Å². The first kappa shape index (κ1) is 8.68. The van der Waals surface area contributed by atoms with E-state index < -0.39 is 0 Å². The first-order chi connectivity index (χ1) is 6.70. The Morgan fingerprint density at radius 3 is 2.64 bits per heavy atom. The van der Waals surface area contributed by atoms with E-state index in [-0.39, 0.29) is 5.78 Å². The van der Waals surface area contributed by atoms with E-state index in [0.29, 0.717) is 11.5 Å². The summed E-state index contributed by atoms with van der Waals surface area (Å²) >= 11 is 0. The molecule has 14 heavy (non-hydrogen) atoms. The molecule has 0 radical (unpaired) electrons. The normalized spacial score (nSPS) is 10.4. The lowest BCUT2D eigenvalue weighted by atomic mass is 10.3. The van der Waals surface area contributed by atoms with Crippen LogP contribution in [0.15, 0.2) is 24.9 Å². The summed E-state index contributed by atoms with van der Waals surface area (Å²) < 4.78 is 3.37. The average Bonchev–Trinajstić information content (AvgIpc) is 2.73. The van der Waals surface area contributed by atoms with Gasteiger partial charge in [0.1, 0.15) is 5.69 Å². The minimum absolute atomic E-state index is 0.113. The molecule has 0 aromatic carbocycles. The quantitative estimate of drug-likeness (QED) is 0.643. The molecule has 72 valence electrons. The maximum Gasteiger partial charge on any atom is 0.246 e. The minimum Gasteiger partial charge on any atom is -0.331 e. The highest BCUT2D eigenvalue weighted by molar-refractivity contribution is 6.05. The Morgan fingerprint density at radius 1 is 1.36 bits per heavy atom. The molecule has 0 aliphatic rings. The SMILES string of the molecule is Cn1cncc1C(=O)c1nccn1C. The predicted molar refractivity (Wildman–Crippen MR) is 49.8 cm³/mol. The van der Waals surface area contributed by atoms with Crippen molar-refractivity contribution in [3.8, 4) is 0 Å². The molecule has 5 heteroatoms. The molecule has 0 N–H and O–H groups in total. The van der Waals surface area contributed by atoms with Gasteiger partial charge in [0.05, 0.1) is 12.5 Å². The molecule has 5 nitrogen and oxygen atoms in total. The fourth-order valence-electron chi connectivity index (χ4n) is 1.27. The van der Waals surface area contributed by atoms with Crippen LogP contribution in [0.25, 0.3) is 0 Å². The Kier molecular flexibility index (Phi) is 1.92. The Balaban J connectivity index is 2.44. The number of imidazole rings is 2. The van der Waals surface area contributed by atoms with Crippen molar-refractivity contribution in [1.29, 1.82) is 0 Å². The summed E-state index contributed by atoms with van der Waals surface area (Å²) in [5, 5.41) is 0. The molecule has 0 fully saturated rings. The number of aryl methyl sites for hydroxylation is 2. The van der Waals surface area contributed by atoms with E-state index in [9.17, 15) is 4.79 Å². The smallest absolute Gasteiger partial charge is 0.246 e. The first-order valence-electron chi connectivity index (χ1n) is 4.18. The van der Waals surface area contributed by atoms with Crippen molar-refractivity contribution >= 4 is 5.78 Å². The van der Waals surface area contributed by atoms with Gasteiger partial charge in [0.15, 0.2) is 5.82 Å². The lowest BCUT2D eigenvalue weighted by Crippen LogP contribution is -2.12. The standard InChI is InChI=1S/C9H10N4O/c1-12-4-3-11-9(12)8(14)7-5-10-6-13(7)2/h3-6H,1-2H3. The predicted octanol–water partition coefficient (Wildman–Crippen LogP) is 0.385. The van der Waals surface area contributed by atoms with E-state index in [0.717, 1.165) is 0 Å².